The summed E-state index contributed by atoms with van der Waals surface area (Å²) in [5, 5.41) is 5.99. The summed E-state index contributed by atoms with van der Waals surface area (Å²) in [6.07, 6.45) is -0.299. The van der Waals surface area contributed by atoms with Gasteiger partial charge in [-0.15, -0.1) is 0 Å². The maximum Gasteiger partial charge on any atom is 0.416 e. The zero-order chi connectivity index (χ0) is 20.1. The lowest BCUT2D eigenvalue weighted by Crippen LogP contribution is -2.40. The van der Waals surface area contributed by atoms with E-state index in [1.54, 1.807) is 0 Å². The third-order valence-electron chi connectivity index (χ3n) is 5.31. The molecule has 1 aliphatic heterocycles. The number of carbonyl (C=O) groups is 1. The smallest absolute Gasteiger partial charge is 0.359 e. The fourth-order valence-electron chi connectivity index (χ4n) is 3.36. The fraction of sp³-hybridized carbons (Fsp3) is 0.632. The number of rotatable bonds is 8. The van der Waals surface area contributed by atoms with Crippen LogP contribution in [0.4, 0.5) is 13.2 Å². The fourth-order valence-corrected chi connectivity index (χ4v) is 4.59. The second-order valence-corrected chi connectivity index (χ2v) is 9.29. The van der Waals surface area contributed by atoms with Crippen molar-refractivity contribution in [3.63, 3.8) is 0 Å². The van der Waals surface area contributed by atoms with Gasteiger partial charge in [0.05, 0.1) is 5.56 Å². The monoisotopic (exact) mass is 417 g/mol. The second-order valence-electron chi connectivity index (χ2n) is 7.56. The highest BCUT2D eigenvalue weighted by Crippen LogP contribution is 2.47. The second kappa shape index (κ2) is 9.53. The van der Waals surface area contributed by atoms with E-state index in [4.69, 9.17) is 0 Å². The van der Waals surface area contributed by atoms with Crippen molar-refractivity contribution in [1.82, 2.24) is 15.3 Å². The highest BCUT2D eigenvalue weighted by molar-refractivity contribution is 7.50. The summed E-state index contributed by atoms with van der Waals surface area (Å²) < 4.78 is 38.3. The number of benzene rings is 1. The van der Waals surface area contributed by atoms with Crippen LogP contribution in [0.1, 0.15) is 41.6 Å². The first kappa shape index (κ1) is 21.5. The minimum absolute atomic E-state index is 0.0366. The summed E-state index contributed by atoms with van der Waals surface area (Å²) in [5.41, 5.74) is -0.286. The van der Waals surface area contributed by atoms with Gasteiger partial charge in [-0.2, -0.15) is 13.2 Å². The Morgan fingerprint density at radius 3 is 2.57 bits per heavy atom. The quantitative estimate of drug-likeness (QED) is 0.569. The molecule has 1 aliphatic carbocycles. The number of hydrogen-bond donors (Lipinski definition) is 3. The van der Waals surface area contributed by atoms with Crippen molar-refractivity contribution >= 4 is 14.2 Å². The van der Waals surface area contributed by atoms with Gasteiger partial charge >= 0.3 is 6.18 Å². The van der Waals surface area contributed by atoms with Crippen molar-refractivity contribution in [3.8, 4) is 0 Å². The molecule has 1 amide bonds. The Balaban J connectivity index is 1.35. The van der Waals surface area contributed by atoms with E-state index < -0.39 is 25.9 Å². The molecular formula is C19H27F3N3O2P. The van der Waals surface area contributed by atoms with Crippen LogP contribution < -0.4 is 10.4 Å². The molecule has 1 unspecified atom stereocenters. The molecule has 1 heterocycles. The number of nitrogens with zero attached hydrogens (tertiary/aromatic N) is 1. The van der Waals surface area contributed by atoms with E-state index in [1.165, 1.54) is 12.1 Å². The van der Waals surface area contributed by atoms with E-state index in [-0.39, 0.29) is 5.56 Å². The van der Waals surface area contributed by atoms with Crippen molar-refractivity contribution < 1.29 is 22.9 Å². The molecule has 0 radical (unpaired) electrons. The van der Waals surface area contributed by atoms with E-state index in [0.29, 0.717) is 18.1 Å². The molecule has 1 atom stereocenters. The Bertz CT molecular complexity index is 662. The number of alkyl halides is 3. The van der Waals surface area contributed by atoms with Gasteiger partial charge in [0.2, 0.25) is 0 Å². The molecular weight excluding hydrogens is 390 g/mol. The molecule has 1 aromatic rings. The first-order chi connectivity index (χ1) is 13.3. The molecule has 1 saturated heterocycles. The van der Waals surface area contributed by atoms with E-state index in [1.807, 2.05) is 0 Å². The van der Waals surface area contributed by atoms with Gasteiger partial charge in [0.25, 0.3) is 5.91 Å². The van der Waals surface area contributed by atoms with Gasteiger partial charge in [0.1, 0.15) is 8.30 Å². The predicted octanol–water partition coefficient (Wildman–Crippen LogP) is 3.20. The van der Waals surface area contributed by atoms with Crippen LogP contribution in [0.25, 0.3) is 0 Å². The third-order valence-corrected chi connectivity index (χ3v) is 7.06. The number of carbonyl (C=O) groups excluding carboxylic acids is 1. The van der Waals surface area contributed by atoms with Gasteiger partial charge in [0, 0.05) is 30.9 Å². The van der Waals surface area contributed by atoms with Crippen LogP contribution in [0.2, 0.25) is 0 Å². The minimum Gasteiger partial charge on any atom is -0.359 e. The summed E-state index contributed by atoms with van der Waals surface area (Å²) in [6.45, 7) is 4.02. The number of nitrogens with one attached hydrogen (secondary N) is 2. The van der Waals surface area contributed by atoms with Crippen LogP contribution in [0.3, 0.4) is 0 Å². The van der Waals surface area contributed by atoms with Crippen molar-refractivity contribution in [2.45, 2.75) is 37.5 Å². The Kier molecular flexibility index (Phi) is 7.31. The number of hydrogen-bond acceptors (Lipinski definition) is 4. The number of piperidine rings is 1. The number of halogens is 3. The Labute approximate surface area is 164 Å². The lowest BCUT2D eigenvalue weighted by Gasteiger charge is -2.32. The SMILES string of the molecule is O=C(NCC1CCN(CCNP(O)C2CC2)CC1)c1cccc(C(F)(F)F)c1. The van der Waals surface area contributed by atoms with Gasteiger partial charge < -0.3 is 15.1 Å². The summed E-state index contributed by atoms with van der Waals surface area (Å²) in [5.74, 6) is -0.130. The molecule has 28 heavy (non-hydrogen) atoms. The highest BCUT2D eigenvalue weighted by atomic mass is 31.2. The van der Waals surface area contributed by atoms with Gasteiger partial charge in [-0.1, -0.05) is 6.07 Å². The van der Waals surface area contributed by atoms with Crippen LogP contribution in [-0.4, -0.2) is 54.1 Å². The first-order valence-corrected chi connectivity index (χ1v) is 11.1. The molecule has 3 rings (SSSR count). The van der Waals surface area contributed by atoms with Crippen molar-refractivity contribution in [3.05, 3.63) is 35.4 Å². The molecule has 9 heteroatoms. The first-order valence-electron chi connectivity index (χ1n) is 9.72. The minimum atomic E-state index is -4.45. The zero-order valence-electron chi connectivity index (χ0n) is 15.7. The van der Waals surface area contributed by atoms with Gasteiger partial charge in [-0.25, -0.2) is 0 Å². The molecule has 0 aromatic heterocycles. The van der Waals surface area contributed by atoms with Crippen LogP contribution in [0, 0.1) is 5.92 Å². The molecule has 0 bridgehead atoms. The maximum absolute atomic E-state index is 12.8. The van der Waals surface area contributed by atoms with E-state index in [2.05, 4.69) is 15.3 Å². The third kappa shape index (κ3) is 6.41. The predicted molar refractivity (Wildman–Crippen MR) is 103 cm³/mol. The van der Waals surface area contributed by atoms with Crippen LogP contribution >= 0.6 is 8.30 Å². The molecule has 3 N–H and O–H groups in total. The standard InChI is InChI=1S/C19H27F3N3O2P/c20-19(21,22)16-3-1-2-15(12-16)18(26)23-13-14-6-9-25(10-7-14)11-8-24-28(27)17-4-5-17/h1-3,12,14,17,24,27H,4-11,13H2,(H,23,26). The van der Waals surface area contributed by atoms with Gasteiger partial charge in [-0.05, 0) is 62.9 Å². The van der Waals surface area contributed by atoms with Crippen molar-refractivity contribution in [2.24, 2.45) is 5.92 Å². The van der Waals surface area contributed by atoms with E-state index >= 15 is 0 Å². The lowest BCUT2D eigenvalue weighted by atomic mass is 9.96. The van der Waals surface area contributed by atoms with Crippen LogP contribution in [-0.2, 0) is 6.18 Å². The normalized spacial score (nSPS) is 20.1. The van der Waals surface area contributed by atoms with Gasteiger partial charge in [0.15, 0.2) is 0 Å². The highest BCUT2D eigenvalue weighted by Gasteiger charge is 2.31. The topological polar surface area (TPSA) is 64.6 Å². The molecule has 0 spiro atoms. The van der Waals surface area contributed by atoms with Crippen LogP contribution in [0.15, 0.2) is 24.3 Å². The number of likely N-dealkylation sites (tertiary alicyclic amines) is 1. The molecule has 2 aliphatic rings. The molecule has 5 nitrogen and oxygen atoms in total. The van der Waals surface area contributed by atoms with E-state index in [0.717, 1.165) is 64.0 Å². The number of amides is 1. The largest absolute Gasteiger partial charge is 0.416 e. The Morgan fingerprint density at radius 2 is 1.93 bits per heavy atom. The van der Waals surface area contributed by atoms with Gasteiger partial charge in [-0.3, -0.25) is 9.88 Å². The average molecular weight is 417 g/mol. The molecule has 2 fully saturated rings. The Hall–Kier alpha value is -1.21. The average Bonchev–Trinajstić information content (AvgIpc) is 3.52. The van der Waals surface area contributed by atoms with E-state index in [9.17, 15) is 22.9 Å². The summed E-state index contributed by atoms with van der Waals surface area (Å²) in [4.78, 5) is 24.4. The lowest BCUT2D eigenvalue weighted by molar-refractivity contribution is -0.137. The van der Waals surface area contributed by atoms with Crippen LogP contribution in [0.5, 0.6) is 0 Å². The molecule has 1 saturated carbocycles. The maximum atomic E-state index is 12.8. The summed E-state index contributed by atoms with van der Waals surface area (Å²) >= 11 is 0. The zero-order valence-corrected chi connectivity index (χ0v) is 16.6. The Morgan fingerprint density at radius 1 is 1.21 bits per heavy atom. The summed E-state index contributed by atoms with van der Waals surface area (Å²) in [6, 6.07) is 4.51. The van der Waals surface area contributed by atoms with Crippen molar-refractivity contribution in [2.75, 3.05) is 32.7 Å². The molecule has 1 aromatic carbocycles. The summed E-state index contributed by atoms with van der Waals surface area (Å²) in [7, 11) is -1.00. The molecule has 156 valence electrons. The van der Waals surface area contributed by atoms with Crippen molar-refractivity contribution in [1.29, 1.82) is 0 Å².